The number of hydrogen-bond donors (Lipinski definition) is 1. The van der Waals surface area contributed by atoms with E-state index in [-0.39, 0.29) is 11.9 Å². The number of rotatable bonds is 6. The van der Waals surface area contributed by atoms with Gasteiger partial charge < -0.3 is 19.7 Å². The molecule has 3 rings (SSSR count). The number of benzene rings is 2. The Labute approximate surface area is 158 Å². The van der Waals surface area contributed by atoms with Gasteiger partial charge in [0.05, 0.1) is 12.8 Å². The molecule has 1 saturated heterocycles. The molecule has 2 aromatic rings. The smallest absolute Gasteiger partial charge is 0.261 e. The van der Waals surface area contributed by atoms with E-state index in [9.17, 15) is 4.79 Å². The van der Waals surface area contributed by atoms with Gasteiger partial charge in [0.25, 0.3) is 5.91 Å². The monoisotopic (exact) mass is 374 g/mol. The first-order valence-electron chi connectivity index (χ1n) is 8.67. The predicted molar refractivity (Wildman–Crippen MR) is 103 cm³/mol. The van der Waals surface area contributed by atoms with Crippen LogP contribution < -0.4 is 19.7 Å². The Kier molecular flexibility index (Phi) is 5.89. The number of hydrogen-bond acceptors (Lipinski definition) is 4. The topological polar surface area (TPSA) is 50.8 Å². The van der Waals surface area contributed by atoms with Crippen LogP contribution in [0.1, 0.15) is 13.3 Å². The Balaban J connectivity index is 1.57. The second kappa shape index (κ2) is 8.32. The first-order chi connectivity index (χ1) is 12.6. The molecule has 5 nitrogen and oxygen atoms in total. The summed E-state index contributed by atoms with van der Waals surface area (Å²) in [5.74, 6) is 1.35. The molecular weight excluding hydrogens is 352 g/mol. The van der Waals surface area contributed by atoms with E-state index in [4.69, 9.17) is 21.1 Å². The number of nitrogens with one attached hydrogen (secondary N) is 1. The molecule has 1 fully saturated rings. The zero-order chi connectivity index (χ0) is 18.5. The summed E-state index contributed by atoms with van der Waals surface area (Å²) >= 11 is 6.12. The van der Waals surface area contributed by atoms with E-state index in [1.54, 1.807) is 14.0 Å². The lowest BCUT2D eigenvalue weighted by atomic mass is 10.2. The Morgan fingerprint density at radius 1 is 1.27 bits per heavy atom. The van der Waals surface area contributed by atoms with Gasteiger partial charge in [-0.2, -0.15) is 0 Å². The van der Waals surface area contributed by atoms with Gasteiger partial charge in [-0.15, -0.1) is 0 Å². The third-order valence-electron chi connectivity index (χ3n) is 4.44. The van der Waals surface area contributed by atoms with Crippen LogP contribution in [-0.2, 0) is 4.79 Å². The third-order valence-corrected chi connectivity index (χ3v) is 4.68. The SMILES string of the molecule is COc1ccc(Cl)cc1N1CCC(NC(=O)C(C)Oc2ccccc2)C1. The third kappa shape index (κ3) is 4.41. The van der Waals surface area contributed by atoms with Crippen molar-refractivity contribution in [1.82, 2.24) is 5.32 Å². The Morgan fingerprint density at radius 2 is 2.04 bits per heavy atom. The van der Waals surface area contributed by atoms with Crippen LogP contribution >= 0.6 is 11.6 Å². The molecule has 0 spiro atoms. The van der Waals surface area contributed by atoms with Crippen molar-refractivity contribution >= 4 is 23.2 Å². The second-order valence-corrected chi connectivity index (χ2v) is 6.77. The van der Waals surface area contributed by atoms with Gasteiger partial charge >= 0.3 is 0 Å². The molecule has 1 aliphatic heterocycles. The minimum Gasteiger partial charge on any atom is -0.495 e. The first-order valence-corrected chi connectivity index (χ1v) is 9.05. The molecule has 2 atom stereocenters. The molecule has 1 amide bonds. The van der Waals surface area contributed by atoms with Crippen LogP contribution in [0, 0.1) is 0 Å². The minimum atomic E-state index is -0.549. The highest BCUT2D eigenvalue weighted by molar-refractivity contribution is 6.30. The number of amides is 1. The normalized spacial score (nSPS) is 17.7. The molecule has 1 heterocycles. The second-order valence-electron chi connectivity index (χ2n) is 6.33. The molecule has 0 saturated carbocycles. The summed E-state index contributed by atoms with van der Waals surface area (Å²) < 4.78 is 11.1. The highest BCUT2D eigenvalue weighted by Crippen LogP contribution is 2.33. The summed E-state index contributed by atoms with van der Waals surface area (Å²) in [5, 5.41) is 3.74. The largest absolute Gasteiger partial charge is 0.495 e. The first kappa shape index (κ1) is 18.4. The van der Waals surface area contributed by atoms with E-state index >= 15 is 0 Å². The summed E-state index contributed by atoms with van der Waals surface area (Å²) in [6, 6.07) is 15.0. The zero-order valence-corrected chi connectivity index (χ0v) is 15.7. The molecule has 0 aliphatic carbocycles. The standard InChI is InChI=1S/C20H23ClN2O3/c1-14(26-17-6-4-3-5-7-17)20(24)22-16-10-11-23(13-16)18-12-15(21)8-9-19(18)25-2/h3-9,12,14,16H,10-11,13H2,1-2H3,(H,22,24). The number of methoxy groups -OCH3 is 1. The van der Waals surface area contributed by atoms with Crippen molar-refractivity contribution in [3.8, 4) is 11.5 Å². The van der Waals surface area contributed by atoms with Gasteiger partial charge in [-0.05, 0) is 43.7 Å². The lowest BCUT2D eigenvalue weighted by Crippen LogP contribution is -2.43. The molecule has 26 heavy (non-hydrogen) atoms. The van der Waals surface area contributed by atoms with E-state index in [1.807, 2.05) is 48.5 Å². The maximum absolute atomic E-state index is 12.4. The Morgan fingerprint density at radius 3 is 2.77 bits per heavy atom. The van der Waals surface area contributed by atoms with Gasteiger partial charge in [0.15, 0.2) is 6.10 Å². The Hall–Kier alpha value is -2.40. The van der Waals surface area contributed by atoms with Crippen molar-refractivity contribution in [2.24, 2.45) is 0 Å². The average molecular weight is 375 g/mol. The van der Waals surface area contributed by atoms with Crippen molar-refractivity contribution in [3.63, 3.8) is 0 Å². The number of carbonyl (C=O) groups excluding carboxylic acids is 1. The number of nitrogens with zero attached hydrogens (tertiary/aromatic N) is 1. The number of carbonyl (C=O) groups is 1. The van der Waals surface area contributed by atoms with Crippen molar-refractivity contribution in [1.29, 1.82) is 0 Å². The van der Waals surface area contributed by atoms with Crippen LogP contribution in [0.25, 0.3) is 0 Å². The fourth-order valence-corrected chi connectivity index (χ4v) is 3.25. The molecule has 2 unspecified atom stereocenters. The van der Waals surface area contributed by atoms with Crippen molar-refractivity contribution in [3.05, 3.63) is 53.6 Å². The number of halogens is 1. The minimum absolute atomic E-state index is 0.0630. The summed E-state index contributed by atoms with van der Waals surface area (Å²) in [6.45, 7) is 3.30. The van der Waals surface area contributed by atoms with Gasteiger partial charge in [-0.25, -0.2) is 0 Å². The maximum Gasteiger partial charge on any atom is 0.261 e. The van der Waals surface area contributed by atoms with Gasteiger partial charge in [0.2, 0.25) is 0 Å². The van der Waals surface area contributed by atoms with E-state index < -0.39 is 6.10 Å². The van der Waals surface area contributed by atoms with E-state index in [0.717, 1.165) is 24.4 Å². The van der Waals surface area contributed by atoms with Gasteiger partial charge in [0, 0.05) is 24.2 Å². The molecule has 0 bridgehead atoms. The molecular formula is C20H23ClN2O3. The molecule has 1 N–H and O–H groups in total. The molecule has 0 aromatic heterocycles. The van der Waals surface area contributed by atoms with Gasteiger partial charge in [-0.1, -0.05) is 29.8 Å². The van der Waals surface area contributed by atoms with Crippen LogP contribution in [0.4, 0.5) is 5.69 Å². The van der Waals surface area contributed by atoms with E-state index in [2.05, 4.69) is 10.2 Å². The lowest BCUT2D eigenvalue weighted by molar-refractivity contribution is -0.127. The highest BCUT2D eigenvalue weighted by Gasteiger charge is 2.27. The molecule has 1 aliphatic rings. The number of anilines is 1. The van der Waals surface area contributed by atoms with Crippen LogP contribution in [0.5, 0.6) is 11.5 Å². The summed E-state index contributed by atoms with van der Waals surface area (Å²) in [7, 11) is 1.64. The zero-order valence-electron chi connectivity index (χ0n) is 14.9. The Bertz CT molecular complexity index is 754. The molecule has 6 heteroatoms. The number of para-hydroxylation sites is 1. The molecule has 2 aromatic carbocycles. The summed E-state index contributed by atoms with van der Waals surface area (Å²) in [5.41, 5.74) is 0.949. The predicted octanol–water partition coefficient (Wildman–Crippen LogP) is 3.51. The number of ether oxygens (including phenoxy) is 2. The quantitative estimate of drug-likeness (QED) is 0.840. The fourth-order valence-electron chi connectivity index (χ4n) is 3.08. The molecule has 0 radical (unpaired) electrons. The van der Waals surface area contributed by atoms with Crippen LogP contribution in [0.15, 0.2) is 48.5 Å². The van der Waals surface area contributed by atoms with Gasteiger partial charge in [0.1, 0.15) is 11.5 Å². The van der Waals surface area contributed by atoms with Gasteiger partial charge in [-0.3, -0.25) is 4.79 Å². The lowest BCUT2D eigenvalue weighted by Gasteiger charge is -2.22. The summed E-state index contributed by atoms with van der Waals surface area (Å²) in [4.78, 5) is 14.6. The van der Waals surface area contributed by atoms with Crippen LogP contribution in [0.2, 0.25) is 5.02 Å². The average Bonchev–Trinajstić information content (AvgIpc) is 3.10. The van der Waals surface area contributed by atoms with Crippen molar-refractivity contribution in [2.75, 3.05) is 25.1 Å². The van der Waals surface area contributed by atoms with E-state index in [0.29, 0.717) is 17.3 Å². The fraction of sp³-hybridized carbons (Fsp3) is 0.350. The van der Waals surface area contributed by atoms with Crippen LogP contribution in [0.3, 0.4) is 0 Å². The van der Waals surface area contributed by atoms with Crippen molar-refractivity contribution < 1.29 is 14.3 Å². The molecule has 138 valence electrons. The van der Waals surface area contributed by atoms with Crippen LogP contribution in [-0.4, -0.2) is 38.3 Å². The highest BCUT2D eigenvalue weighted by atomic mass is 35.5. The maximum atomic E-state index is 12.4. The van der Waals surface area contributed by atoms with Crippen molar-refractivity contribution in [2.45, 2.75) is 25.5 Å². The summed E-state index contributed by atoms with van der Waals surface area (Å²) in [6.07, 6.45) is 0.312. The van der Waals surface area contributed by atoms with E-state index in [1.165, 1.54) is 0 Å².